The summed E-state index contributed by atoms with van der Waals surface area (Å²) in [5.74, 6) is -0.565. The van der Waals surface area contributed by atoms with Crippen LogP contribution in [0.5, 0.6) is 0 Å². The molecule has 1 rings (SSSR count). The highest BCUT2D eigenvalue weighted by molar-refractivity contribution is 5.72. The molecule has 0 saturated heterocycles. The quantitative estimate of drug-likeness (QED) is 0.755. The number of alkyl halides is 3. The zero-order valence-electron chi connectivity index (χ0n) is 12.4. The Balaban J connectivity index is 2.67. The number of methoxy groups -OCH3 is 1. The van der Waals surface area contributed by atoms with Crippen LogP contribution in [0.25, 0.3) is 0 Å². The summed E-state index contributed by atoms with van der Waals surface area (Å²) in [6.45, 7) is 5.40. The molecule has 0 N–H and O–H groups in total. The van der Waals surface area contributed by atoms with Crippen molar-refractivity contribution in [2.45, 2.75) is 26.6 Å². The van der Waals surface area contributed by atoms with Crippen molar-refractivity contribution in [3.8, 4) is 0 Å². The number of rotatable bonds is 6. The summed E-state index contributed by atoms with van der Waals surface area (Å²) >= 11 is 0. The first-order valence-electron chi connectivity index (χ1n) is 6.74. The maximum atomic E-state index is 12.5. The van der Waals surface area contributed by atoms with Gasteiger partial charge in [0.1, 0.15) is 0 Å². The van der Waals surface area contributed by atoms with Crippen molar-refractivity contribution < 1.29 is 22.7 Å². The van der Waals surface area contributed by atoms with Crippen LogP contribution in [-0.4, -0.2) is 31.1 Å². The van der Waals surface area contributed by atoms with E-state index in [1.165, 1.54) is 19.2 Å². The van der Waals surface area contributed by atoms with Crippen LogP contribution in [0.1, 0.15) is 25.0 Å². The van der Waals surface area contributed by atoms with Gasteiger partial charge in [0.25, 0.3) is 0 Å². The van der Waals surface area contributed by atoms with Gasteiger partial charge in [0.15, 0.2) is 0 Å². The van der Waals surface area contributed by atoms with Crippen LogP contribution in [-0.2, 0) is 22.3 Å². The Morgan fingerprint density at radius 3 is 2.29 bits per heavy atom. The van der Waals surface area contributed by atoms with E-state index in [1.807, 2.05) is 11.8 Å². The van der Waals surface area contributed by atoms with Gasteiger partial charge in [0, 0.05) is 13.1 Å². The molecule has 1 atom stereocenters. The lowest BCUT2D eigenvalue weighted by atomic mass is 10.1. The fourth-order valence-electron chi connectivity index (χ4n) is 2.03. The average Bonchev–Trinajstić information content (AvgIpc) is 2.45. The number of carbonyl (C=O) groups excluding carboxylic acids is 1. The first kappa shape index (κ1) is 17.5. The highest BCUT2D eigenvalue weighted by Crippen LogP contribution is 2.29. The third kappa shape index (κ3) is 5.38. The van der Waals surface area contributed by atoms with Gasteiger partial charge in [0.2, 0.25) is 0 Å². The fraction of sp³-hybridized carbons (Fsp3) is 0.533. The summed E-state index contributed by atoms with van der Waals surface area (Å²) in [5, 5.41) is 0. The number of ether oxygens (including phenoxy) is 1. The van der Waals surface area contributed by atoms with Crippen molar-refractivity contribution in [3.05, 3.63) is 35.4 Å². The fourth-order valence-corrected chi connectivity index (χ4v) is 2.03. The van der Waals surface area contributed by atoms with E-state index in [4.69, 9.17) is 0 Å². The third-order valence-corrected chi connectivity index (χ3v) is 3.27. The molecule has 1 unspecified atom stereocenters. The summed E-state index contributed by atoms with van der Waals surface area (Å²) in [5.41, 5.74) is 0.124. The standard InChI is InChI=1S/C15H20F3NO2/c1-4-19(9-11(2)14(20)21-3)10-12-5-7-13(8-6-12)15(16,17)18/h5-8,11H,4,9-10H2,1-3H3. The lowest BCUT2D eigenvalue weighted by Crippen LogP contribution is -2.32. The molecular weight excluding hydrogens is 283 g/mol. The van der Waals surface area contributed by atoms with Crippen molar-refractivity contribution in [3.63, 3.8) is 0 Å². The van der Waals surface area contributed by atoms with E-state index in [-0.39, 0.29) is 11.9 Å². The molecule has 0 heterocycles. The zero-order valence-corrected chi connectivity index (χ0v) is 12.4. The molecule has 1 aromatic carbocycles. The highest BCUT2D eigenvalue weighted by Gasteiger charge is 2.30. The maximum absolute atomic E-state index is 12.5. The molecule has 0 fully saturated rings. The first-order chi connectivity index (χ1) is 9.77. The van der Waals surface area contributed by atoms with Crippen LogP contribution in [0, 0.1) is 5.92 Å². The Kier molecular flexibility index (Phi) is 6.20. The van der Waals surface area contributed by atoms with Crippen molar-refractivity contribution in [1.82, 2.24) is 4.90 Å². The largest absolute Gasteiger partial charge is 0.469 e. The van der Waals surface area contributed by atoms with Gasteiger partial charge in [-0.3, -0.25) is 9.69 Å². The molecule has 0 aliphatic carbocycles. The van der Waals surface area contributed by atoms with Crippen LogP contribution in [0.4, 0.5) is 13.2 Å². The minimum atomic E-state index is -4.32. The van der Waals surface area contributed by atoms with E-state index >= 15 is 0 Å². The topological polar surface area (TPSA) is 29.5 Å². The number of hydrogen-bond acceptors (Lipinski definition) is 3. The number of benzene rings is 1. The average molecular weight is 303 g/mol. The monoisotopic (exact) mass is 303 g/mol. The number of carbonyl (C=O) groups is 1. The smallest absolute Gasteiger partial charge is 0.416 e. The van der Waals surface area contributed by atoms with Gasteiger partial charge in [-0.25, -0.2) is 0 Å². The Morgan fingerprint density at radius 1 is 1.29 bits per heavy atom. The molecular formula is C15H20F3NO2. The summed E-state index contributed by atoms with van der Waals surface area (Å²) in [4.78, 5) is 13.4. The zero-order chi connectivity index (χ0) is 16.0. The van der Waals surface area contributed by atoms with E-state index in [2.05, 4.69) is 4.74 Å². The Hall–Kier alpha value is -1.56. The molecule has 1 aromatic rings. The molecule has 0 aromatic heterocycles. The molecule has 118 valence electrons. The van der Waals surface area contributed by atoms with E-state index in [0.29, 0.717) is 19.6 Å². The van der Waals surface area contributed by atoms with E-state index in [0.717, 1.165) is 17.7 Å². The summed E-state index contributed by atoms with van der Waals surface area (Å²) in [6, 6.07) is 5.09. The van der Waals surface area contributed by atoms with E-state index in [1.54, 1.807) is 6.92 Å². The minimum Gasteiger partial charge on any atom is -0.469 e. The van der Waals surface area contributed by atoms with Crippen LogP contribution in [0.3, 0.4) is 0 Å². The van der Waals surface area contributed by atoms with Gasteiger partial charge >= 0.3 is 12.1 Å². The minimum absolute atomic E-state index is 0.274. The Bertz CT molecular complexity index is 457. The molecule has 0 saturated carbocycles. The van der Waals surface area contributed by atoms with Gasteiger partial charge in [-0.05, 0) is 24.2 Å². The van der Waals surface area contributed by atoms with Crippen molar-refractivity contribution >= 4 is 5.97 Å². The molecule has 0 aliphatic heterocycles. The second-order valence-electron chi connectivity index (χ2n) is 4.95. The van der Waals surface area contributed by atoms with Crippen molar-refractivity contribution in [2.75, 3.05) is 20.2 Å². The first-order valence-corrected chi connectivity index (χ1v) is 6.74. The van der Waals surface area contributed by atoms with Gasteiger partial charge in [-0.2, -0.15) is 13.2 Å². The van der Waals surface area contributed by atoms with Crippen molar-refractivity contribution in [1.29, 1.82) is 0 Å². The predicted octanol–water partition coefficient (Wildman–Crippen LogP) is 3.34. The summed E-state index contributed by atoms with van der Waals surface area (Å²) in [7, 11) is 1.34. The van der Waals surface area contributed by atoms with Crippen molar-refractivity contribution in [2.24, 2.45) is 5.92 Å². The lowest BCUT2D eigenvalue weighted by Gasteiger charge is -2.23. The molecule has 21 heavy (non-hydrogen) atoms. The highest BCUT2D eigenvalue weighted by atomic mass is 19.4. The number of halogens is 3. The van der Waals surface area contributed by atoms with Crippen LogP contribution < -0.4 is 0 Å². The molecule has 0 amide bonds. The second-order valence-corrected chi connectivity index (χ2v) is 4.95. The number of hydrogen-bond donors (Lipinski definition) is 0. The van der Waals surface area contributed by atoms with Crippen LogP contribution in [0.2, 0.25) is 0 Å². The van der Waals surface area contributed by atoms with Gasteiger partial charge in [0.05, 0.1) is 18.6 Å². The van der Waals surface area contributed by atoms with Gasteiger partial charge < -0.3 is 4.74 Å². The van der Waals surface area contributed by atoms with E-state index in [9.17, 15) is 18.0 Å². The number of nitrogens with zero attached hydrogens (tertiary/aromatic N) is 1. The van der Waals surface area contributed by atoms with E-state index < -0.39 is 11.7 Å². The third-order valence-electron chi connectivity index (χ3n) is 3.27. The Labute approximate surface area is 122 Å². The van der Waals surface area contributed by atoms with Crippen LogP contribution >= 0.6 is 0 Å². The summed E-state index contributed by atoms with van der Waals surface area (Å²) < 4.78 is 42.1. The molecule has 0 bridgehead atoms. The lowest BCUT2D eigenvalue weighted by molar-refractivity contribution is -0.145. The summed E-state index contributed by atoms with van der Waals surface area (Å²) in [6.07, 6.45) is -4.32. The maximum Gasteiger partial charge on any atom is 0.416 e. The molecule has 6 heteroatoms. The SMILES string of the molecule is CCN(Cc1ccc(C(F)(F)F)cc1)CC(C)C(=O)OC. The molecule has 0 spiro atoms. The van der Waals surface area contributed by atoms with Gasteiger partial charge in [-0.1, -0.05) is 26.0 Å². The molecule has 0 aliphatic rings. The predicted molar refractivity (Wildman–Crippen MR) is 73.6 cm³/mol. The number of esters is 1. The van der Waals surface area contributed by atoms with Crippen LogP contribution in [0.15, 0.2) is 24.3 Å². The molecule has 3 nitrogen and oxygen atoms in total. The normalized spacial score (nSPS) is 13.3. The van der Waals surface area contributed by atoms with Gasteiger partial charge in [-0.15, -0.1) is 0 Å². The second kappa shape index (κ2) is 7.45. The Morgan fingerprint density at radius 2 is 1.86 bits per heavy atom. The molecule has 0 radical (unpaired) electrons.